The molecule has 10 heteroatoms. The van der Waals surface area contributed by atoms with Gasteiger partial charge in [-0.3, -0.25) is 4.79 Å². The summed E-state index contributed by atoms with van der Waals surface area (Å²) >= 11 is 1.35. The molecule has 2 aromatic carbocycles. The van der Waals surface area contributed by atoms with Crippen LogP contribution in [0.2, 0.25) is 0 Å². The Hall–Kier alpha value is -3.37. The van der Waals surface area contributed by atoms with E-state index in [1.165, 1.54) is 48.0 Å². The van der Waals surface area contributed by atoms with Gasteiger partial charge in [0, 0.05) is 54.0 Å². The van der Waals surface area contributed by atoms with Gasteiger partial charge in [0.1, 0.15) is 16.4 Å². The van der Waals surface area contributed by atoms with E-state index in [4.69, 9.17) is 18.7 Å². The first kappa shape index (κ1) is 25.6. The molecule has 1 spiro atoms. The van der Waals surface area contributed by atoms with E-state index in [1.54, 1.807) is 33.5 Å². The number of ether oxygens (including phenoxy) is 3. The predicted octanol–water partition coefficient (Wildman–Crippen LogP) is 5.18. The van der Waals surface area contributed by atoms with Gasteiger partial charge < -0.3 is 33.7 Å². The molecule has 1 aliphatic heterocycles. The molecule has 1 aromatic heterocycles. The Balaban J connectivity index is 1.13. The Bertz CT molecular complexity index is 1430. The van der Waals surface area contributed by atoms with Crippen molar-refractivity contribution in [3.05, 3.63) is 47.0 Å². The number of methoxy groups -OCH3 is 3. The summed E-state index contributed by atoms with van der Waals surface area (Å²) in [5.41, 5.74) is 5.59. The molecule has 0 radical (unpaired) electrons. The van der Waals surface area contributed by atoms with Gasteiger partial charge in [0.05, 0.1) is 20.3 Å². The number of carbonyl (C=O) groups excluding carboxylic acids is 1. The minimum absolute atomic E-state index is 0.116. The molecule has 4 aliphatic rings. The first-order valence-corrected chi connectivity index (χ1v) is 14.7. The van der Waals surface area contributed by atoms with Crippen LogP contribution in [0.25, 0.3) is 11.3 Å². The molecular formula is C30H34N4O5S. The monoisotopic (exact) mass is 562 g/mol. The fourth-order valence-electron chi connectivity index (χ4n) is 6.10. The summed E-state index contributed by atoms with van der Waals surface area (Å²) in [7, 11) is 4.89. The maximum Gasteiger partial charge on any atom is 0.251 e. The topological polar surface area (TPSA) is 98.1 Å². The number of fused-ring (bicyclic) bond motifs is 4. The SMILES string of the molecule is COc1cc(C(=O)NC2CC(OC)C2)cc(OC)c1SNc1noc2c1CC1(CC1)c1ccc(N3CCC3)cc1-2. The fraction of sp³-hybridized carbons (Fsp3) is 0.467. The van der Waals surface area contributed by atoms with E-state index in [2.05, 4.69) is 38.3 Å². The lowest BCUT2D eigenvalue weighted by Gasteiger charge is -2.34. The van der Waals surface area contributed by atoms with Crippen molar-refractivity contribution in [1.29, 1.82) is 0 Å². The Morgan fingerprint density at radius 1 is 1.10 bits per heavy atom. The highest BCUT2D eigenvalue weighted by Crippen LogP contribution is 2.59. The maximum absolute atomic E-state index is 12.9. The second-order valence-electron chi connectivity index (χ2n) is 11.3. The lowest BCUT2D eigenvalue weighted by Crippen LogP contribution is -2.47. The van der Waals surface area contributed by atoms with Crippen LogP contribution in [0.4, 0.5) is 11.5 Å². The number of hydrogen-bond acceptors (Lipinski definition) is 9. The lowest BCUT2D eigenvalue weighted by molar-refractivity contribution is 0.0176. The van der Waals surface area contributed by atoms with Gasteiger partial charge in [-0.2, -0.15) is 0 Å². The minimum atomic E-state index is -0.155. The van der Waals surface area contributed by atoms with Crippen molar-refractivity contribution in [3.63, 3.8) is 0 Å². The van der Waals surface area contributed by atoms with Gasteiger partial charge in [0.2, 0.25) is 0 Å². The molecule has 2 N–H and O–H groups in total. The molecule has 0 atom stereocenters. The van der Waals surface area contributed by atoms with Crippen LogP contribution in [0.3, 0.4) is 0 Å². The van der Waals surface area contributed by atoms with E-state index in [0.717, 1.165) is 54.4 Å². The number of hydrogen-bond donors (Lipinski definition) is 2. The number of amides is 1. The van der Waals surface area contributed by atoms with Crippen LogP contribution in [-0.2, 0) is 16.6 Å². The van der Waals surface area contributed by atoms with E-state index in [0.29, 0.717) is 17.1 Å². The second kappa shape index (κ2) is 9.92. The zero-order valence-corrected chi connectivity index (χ0v) is 23.9. The van der Waals surface area contributed by atoms with Crippen molar-refractivity contribution in [2.24, 2.45) is 0 Å². The van der Waals surface area contributed by atoms with Crippen LogP contribution >= 0.6 is 11.9 Å². The van der Waals surface area contributed by atoms with Gasteiger partial charge in [0.15, 0.2) is 11.6 Å². The standard InChI is InChI=1S/C30H34N4O5S/c1-36-20-13-18(14-20)31-29(35)17-11-24(37-2)27(25(12-17)38-3)40-33-28-22-16-30(7-8-30)23-6-5-19(34-9-4-10-34)15-21(23)26(22)39-32-28/h5-6,11-12,15,18,20H,4,7-10,13-14,16H2,1-3H3,(H,31,35)(H,32,33). The van der Waals surface area contributed by atoms with Gasteiger partial charge in [-0.25, -0.2) is 0 Å². The molecule has 1 amide bonds. The predicted molar refractivity (Wildman–Crippen MR) is 154 cm³/mol. The molecule has 1 saturated heterocycles. The number of anilines is 2. The van der Waals surface area contributed by atoms with Crippen LogP contribution in [-0.4, -0.2) is 57.6 Å². The van der Waals surface area contributed by atoms with E-state index >= 15 is 0 Å². The summed E-state index contributed by atoms with van der Waals surface area (Å²) in [6, 6.07) is 10.5. The summed E-state index contributed by atoms with van der Waals surface area (Å²) in [5.74, 6) is 2.51. The van der Waals surface area contributed by atoms with Gasteiger partial charge in [-0.15, -0.1) is 0 Å². The summed E-state index contributed by atoms with van der Waals surface area (Å²) < 4.78 is 26.1. The van der Waals surface area contributed by atoms with Crippen molar-refractivity contribution >= 4 is 29.4 Å². The van der Waals surface area contributed by atoms with Gasteiger partial charge in [0.25, 0.3) is 5.91 Å². The third-order valence-electron chi connectivity index (χ3n) is 8.93. The second-order valence-corrected chi connectivity index (χ2v) is 12.1. The number of aromatic nitrogens is 1. The average molecular weight is 563 g/mol. The van der Waals surface area contributed by atoms with Gasteiger partial charge in [-0.05, 0) is 80.3 Å². The summed E-state index contributed by atoms with van der Waals surface area (Å²) in [4.78, 5) is 16.1. The molecule has 210 valence electrons. The molecule has 9 nitrogen and oxygen atoms in total. The van der Waals surface area contributed by atoms with Crippen molar-refractivity contribution < 1.29 is 23.5 Å². The van der Waals surface area contributed by atoms with Crippen LogP contribution in [0.15, 0.2) is 39.8 Å². The van der Waals surface area contributed by atoms with Crippen molar-refractivity contribution in [2.75, 3.05) is 44.0 Å². The quantitative estimate of drug-likeness (QED) is 0.342. The molecule has 0 unspecified atom stereocenters. The highest BCUT2D eigenvalue weighted by atomic mass is 32.2. The lowest BCUT2D eigenvalue weighted by atomic mass is 9.79. The number of rotatable bonds is 9. The number of nitrogens with one attached hydrogen (secondary N) is 2. The van der Waals surface area contributed by atoms with E-state index in [-0.39, 0.29) is 23.5 Å². The Morgan fingerprint density at radius 3 is 2.48 bits per heavy atom. The minimum Gasteiger partial charge on any atom is -0.495 e. The summed E-state index contributed by atoms with van der Waals surface area (Å²) in [5, 5.41) is 7.53. The number of carbonyl (C=O) groups is 1. The largest absolute Gasteiger partial charge is 0.495 e. The summed E-state index contributed by atoms with van der Waals surface area (Å²) in [6.45, 7) is 2.21. The molecule has 3 aliphatic carbocycles. The molecule has 3 aromatic rings. The number of nitrogens with zero attached hydrogens (tertiary/aromatic N) is 2. The van der Waals surface area contributed by atoms with Crippen LogP contribution in [0, 0.1) is 0 Å². The van der Waals surface area contributed by atoms with Crippen LogP contribution < -0.4 is 24.4 Å². The van der Waals surface area contributed by atoms with E-state index < -0.39 is 0 Å². The Kier molecular flexibility index (Phi) is 6.35. The summed E-state index contributed by atoms with van der Waals surface area (Å²) in [6.07, 6.45) is 6.37. The van der Waals surface area contributed by atoms with Crippen LogP contribution in [0.5, 0.6) is 11.5 Å². The van der Waals surface area contributed by atoms with Crippen molar-refractivity contribution in [1.82, 2.24) is 10.5 Å². The smallest absolute Gasteiger partial charge is 0.251 e. The molecule has 40 heavy (non-hydrogen) atoms. The number of benzene rings is 2. The molecule has 2 heterocycles. The highest BCUT2D eigenvalue weighted by Gasteiger charge is 2.50. The fourth-order valence-corrected chi connectivity index (χ4v) is 6.95. The van der Waals surface area contributed by atoms with E-state index in [9.17, 15) is 4.79 Å². The first-order chi connectivity index (χ1) is 19.5. The molecule has 2 saturated carbocycles. The molecule has 7 rings (SSSR count). The van der Waals surface area contributed by atoms with E-state index in [1.807, 2.05) is 0 Å². The normalized spacial score (nSPS) is 21.5. The maximum atomic E-state index is 12.9. The first-order valence-electron chi connectivity index (χ1n) is 13.9. The zero-order chi connectivity index (χ0) is 27.4. The third-order valence-corrected chi connectivity index (χ3v) is 9.84. The Labute approximate surface area is 238 Å². The van der Waals surface area contributed by atoms with Crippen molar-refractivity contribution in [3.8, 4) is 22.8 Å². The molecule has 3 fully saturated rings. The Morgan fingerprint density at radius 2 is 1.85 bits per heavy atom. The molecule has 0 bridgehead atoms. The third kappa shape index (κ3) is 4.28. The van der Waals surface area contributed by atoms with Crippen LogP contribution in [0.1, 0.15) is 53.6 Å². The average Bonchev–Trinajstić information content (AvgIpc) is 3.57. The highest BCUT2D eigenvalue weighted by molar-refractivity contribution is 8.00. The van der Waals surface area contributed by atoms with Gasteiger partial charge in [-0.1, -0.05) is 11.2 Å². The molecular weight excluding hydrogens is 528 g/mol. The zero-order valence-electron chi connectivity index (χ0n) is 23.0. The van der Waals surface area contributed by atoms with Crippen molar-refractivity contribution in [2.45, 2.75) is 61.0 Å². The van der Waals surface area contributed by atoms with Gasteiger partial charge >= 0.3 is 0 Å².